The first-order chi connectivity index (χ1) is 11.2. The molecule has 0 unspecified atom stereocenters. The standard InChI is InChI=1S/C18H18O5/c1-20-13-7-5-8-14-17(13)12(19)10-16(23-14)11-6-4-9-15(21-2)18(11)22-3/h4-9,16H,10H2,1-3H3/t16-/m0/s1. The van der Waals surface area contributed by atoms with Crippen molar-refractivity contribution in [2.75, 3.05) is 21.3 Å². The van der Waals surface area contributed by atoms with Crippen LogP contribution in [0.2, 0.25) is 0 Å². The van der Waals surface area contributed by atoms with Gasteiger partial charge >= 0.3 is 0 Å². The van der Waals surface area contributed by atoms with Gasteiger partial charge in [0.25, 0.3) is 0 Å². The van der Waals surface area contributed by atoms with E-state index in [1.165, 1.54) is 0 Å². The lowest BCUT2D eigenvalue weighted by Gasteiger charge is -2.27. The highest BCUT2D eigenvalue weighted by atomic mass is 16.5. The quantitative estimate of drug-likeness (QED) is 0.865. The van der Waals surface area contributed by atoms with E-state index in [1.807, 2.05) is 18.2 Å². The number of benzene rings is 2. The SMILES string of the molecule is COc1cccc([C@@H]2CC(=O)c3c(OC)cccc3O2)c1OC. The summed E-state index contributed by atoms with van der Waals surface area (Å²) in [5.41, 5.74) is 1.28. The van der Waals surface area contributed by atoms with Gasteiger partial charge in [0, 0.05) is 5.56 Å². The van der Waals surface area contributed by atoms with Gasteiger partial charge in [-0.15, -0.1) is 0 Å². The molecule has 0 saturated heterocycles. The molecule has 1 heterocycles. The van der Waals surface area contributed by atoms with E-state index in [0.29, 0.717) is 28.6 Å². The Kier molecular flexibility index (Phi) is 4.10. The highest BCUT2D eigenvalue weighted by Gasteiger charge is 2.32. The molecule has 0 amide bonds. The Bertz CT molecular complexity index is 738. The van der Waals surface area contributed by atoms with Crippen LogP contribution in [0.25, 0.3) is 0 Å². The number of hydrogen-bond donors (Lipinski definition) is 0. The fraction of sp³-hybridized carbons (Fsp3) is 0.278. The minimum absolute atomic E-state index is 0.0152. The Morgan fingerprint density at radius 3 is 2.35 bits per heavy atom. The number of carbonyl (C=O) groups excluding carboxylic acids is 1. The second-order valence-electron chi connectivity index (χ2n) is 5.15. The first-order valence-electron chi connectivity index (χ1n) is 7.27. The molecule has 120 valence electrons. The second-order valence-corrected chi connectivity index (χ2v) is 5.15. The van der Waals surface area contributed by atoms with Crippen LogP contribution in [0, 0.1) is 0 Å². The Labute approximate surface area is 134 Å². The molecule has 0 saturated carbocycles. The first-order valence-corrected chi connectivity index (χ1v) is 7.27. The van der Waals surface area contributed by atoms with E-state index in [1.54, 1.807) is 39.5 Å². The van der Waals surface area contributed by atoms with Crippen LogP contribution in [0.3, 0.4) is 0 Å². The van der Waals surface area contributed by atoms with Crippen LogP contribution < -0.4 is 18.9 Å². The van der Waals surface area contributed by atoms with Crippen molar-refractivity contribution in [2.45, 2.75) is 12.5 Å². The zero-order valence-corrected chi connectivity index (χ0v) is 13.3. The summed E-state index contributed by atoms with van der Waals surface area (Å²) in [5, 5.41) is 0. The third kappa shape index (κ3) is 2.59. The number of fused-ring (bicyclic) bond motifs is 1. The molecule has 1 atom stereocenters. The van der Waals surface area contributed by atoms with Crippen LogP contribution in [0.15, 0.2) is 36.4 Å². The average Bonchev–Trinajstić information content (AvgIpc) is 2.60. The predicted molar refractivity (Wildman–Crippen MR) is 84.9 cm³/mol. The van der Waals surface area contributed by atoms with Crippen molar-refractivity contribution in [2.24, 2.45) is 0 Å². The fourth-order valence-corrected chi connectivity index (χ4v) is 2.86. The highest BCUT2D eigenvalue weighted by molar-refractivity contribution is 6.02. The summed E-state index contributed by atoms with van der Waals surface area (Å²) < 4.78 is 22.1. The van der Waals surface area contributed by atoms with Crippen LogP contribution in [-0.4, -0.2) is 27.1 Å². The molecule has 3 rings (SSSR count). The predicted octanol–water partition coefficient (Wildman–Crippen LogP) is 3.42. The van der Waals surface area contributed by atoms with E-state index < -0.39 is 6.10 Å². The van der Waals surface area contributed by atoms with Crippen molar-refractivity contribution in [1.29, 1.82) is 0 Å². The molecule has 5 heteroatoms. The largest absolute Gasteiger partial charge is 0.496 e. The highest BCUT2D eigenvalue weighted by Crippen LogP contribution is 2.43. The molecule has 0 aromatic heterocycles. The Morgan fingerprint density at radius 1 is 0.957 bits per heavy atom. The van der Waals surface area contributed by atoms with E-state index in [0.717, 1.165) is 5.56 Å². The lowest BCUT2D eigenvalue weighted by Crippen LogP contribution is -2.21. The molecule has 0 bridgehead atoms. The summed E-state index contributed by atoms with van der Waals surface area (Å²) in [6.07, 6.45) is -0.205. The van der Waals surface area contributed by atoms with Gasteiger partial charge < -0.3 is 18.9 Å². The van der Waals surface area contributed by atoms with Gasteiger partial charge in [0.1, 0.15) is 23.2 Å². The normalized spacial score (nSPS) is 16.3. The molecule has 0 fully saturated rings. The smallest absolute Gasteiger partial charge is 0.174 e. The summed E-state index contributed by atoms with van der Waals surface area (Å²) in [7, 11) is 4.69. The third-order valence-electron chi connectivity index (χ3n) is 3.91. The molecule has 1 aliphatic heterocycles. The van der Waals surface area contributed by atoms with Crippen LogP contribution in [0.5, 0.6) is 23.0 Å². The number of hydrogen-bond acceptors (Lipinski definition) is 5. The lowest BCUT2D eigenvalue weighted by molar-refractivity contribution is 0.0841. The van der Waals surface area contributed by atoms with Gasteiger partial charge in [-0.05, 0) is 18.2 Å². The molecular weight excluding hydrogens is 296 g/mol. The maximum Gasteiger partial charge on any atom is 0.174 e. The molecule has 23 heavy (non-hydrogen) atoms. The molecule has 5 nitrogen and oxygen atoms in total. The van der Waals surface area contributed by atoms with Crippen molar-refractivity contribution in [3.05, 3.63) is 47.5 Å². The Hall–Kier alpha value is -2.69. The summed E-state index contributed by atoms with van der Waals surface area (Å²) in [6.45, 7) is 0. The maximum absolute atomic E-state index is 12.6. The number of carbonyl (C=O) groups is 1. The Balaban J connectivity index is 2.03. The average molecular weight is 314 g/mol. The summed E-state index contributed by atoms with van der Waals surface area (Å²) in [5.74, 6) is 2.23. The van der Waals surface area contributed by atoms with Gasteiger partial charge in [0.15, 0.2) is 17.3 Å². The third-order valence-corrected chi connectivity index (χ3v) is 3.91. The van der Waals surface area contributed by atoms with Gasteiger partial charge in [-0.25, -0.2) is 0 Å². The molecule has 2 aromatic rings. The summed E-state index contributed by atoms with van der Waals surface area (Å²) >= 11 is 0. The zero-order chi connectivity index (χ0) is 16.4. The monoisotopic (exact) mass is 314 g/mol. The van der Waals surface area contributed by atoms with Crippen molar-refractivity contribution >= 4 is 5.78 Å². The maximum atomic E-state index is 12.6. The molecule has 0 N–H and O–H groups in total. The van der Waals surface area contributed by atoms with Crippen molar-refractivity contribution in [3.63, 3.8) is 0 Å². The first kappa shape index (κ1) is 15.2. The second kappa shape index (κ2) is 6.20. The van der Waals surface area contributed by atoms with E-state index in [2.05, 4.69) is 0 Å². The molecule has 0 spiro atoms. The van der Waals surface area contributed by atoms with Gasteiger partial charge in [0.2, 0.25) is 0 Å². The molecule has 2 aromatic carbocycles. The topological polar surface area (TPSA) is 54.0 Å². The van der Waals surface area contributed by atoms with Crippen molar-refractivity contribution < 1.29 is 23.7 Å². The van der Waals surface area contributed by atoms with Gasteiger partial charge in [-0.2, -0.15) is 0 Å². The number of rotatable bonds is 4. The number of Topliss-reactive ketones (excluding diaryl/α,β-unsaturated/α-hetero) is 1. The van der Waals surface area contributed by atoms with Crippen LogP contribution in [0.4, 0.5) is 0 Å². The zero-order valence-electron chi connectivity index (χ0n) is 13.3. The molecule has 0 aliphatic carbocycles. The van der Waals surface area contributed by atoms with Gasteiger partial charge in [0.05, 0.1) is 27.8 Å². The van der Waals surface area contributed by atoms with E-state index in [4.69, 9.17) is 18.9 Å². The number of methoxy groups -OCH3 is 3. The Morgan fingerprint density at radius 2 is 1.65 bits per heavy atom. The van der Waals surface area contributed by atoms with E-state index >= 15 is 0 Å². The molecular formula is C18H18O5. The minimum Gasteiger partial charge on any atom is -0.496 e. The van der Waals surface area contributed by atoms with Crippen molar-refractivity contribution in [3.8, 4) is 23.0 Å². The van der Waals surface area contributed by atoms with Crippen molar-refractivity contribution in [1.82, 2.24) is 0 Å². The van der Waals surface area contributed by atoms with Gasteiger partial charge in [-0.3, -0.25) is 4.79 Å². The fourth-order valence-electron chi connectivity index (χ4n) is 2.86. The molecule has 1 aliphatic rings. The van der Waals surface area contributed by atoms with Crippen LogP contribution >= 0.6 is 0 Å². The summed E-state index contributed by atoms with van der Waals surface area (Å²) in [4.78, 5) is 12.6. The number of ketones is 1. The van der Waals surface area contributed by atoms with E-state index in [-0.39, 0.29) is 12.2 Å². The number of ether oxygens (including phenoxy) is 4. The van der Waals surface area contributed by atoms with Gasteiger partial charge in [-0.1, -0.05) is 18.2 Å². The lowest BCUT2D eigenvalue weighted by atomic mass is 9.95. The van der Waals surface area contributed by atoms with Crippen LogP contribution in [-0.2, 0) is 0 Å². The number of para-hydroxylation sites is 1. The van der Waals surface area contributed by atoms with Crippen LogP contribution in [0.1, 0.15) is 28.4 Å². The van der Waals surface area contributed by atoms with E-state index in [9.17, 15) is 4.79 Å². The minimum atomic E-state index is -0.424. The summed E-state index contributed by atoms with van der Waals surface area (Å²) in [6, 6.07) is 10.9. The molecule has 0 radical (unpaired) electrons.